The van der Waals surface area contributed by atoms with Gasteiger partial charge in [0.15, 0.2) is 0 Å². The molecule has 112 valence electrons. The van der Waals surface area contributed by atoms with Crippen LogP contribution in [0.3, 0.4) is 0 Å². The third-order valence-corrected chi connectivity index (χ3v) is 3.61. The van der Waals surface area contributed by atoms with Gasteiger partial charge in [-0.3, -0.25) is 4.79 Å². The maximum atomic E-state index is 11.0. The Hall–Kier alpha value is -2.60. The molecule has 0 radical (unpaired) electrons. The summed E-state index contributed by atoms with van der Waals surface area (Å²) in [4.78, 5) is 20.7. The predicted molar refractivity (Wildman–Crippen MR) is 92.0 cm³/mol. The summed E-state index contributed by atoms with van der Waals surface area (Å²) < 4.78 is 0. The average Bonchev–Trinajstić information content (AvgIpc) is 2.53. The largest absolute Gasteiger partial charge is 0.366 e. The highest BCUT2D eigenvalue weighted by molar-refractivity contribution is 8.07. The molecule has 2 aromatic rings. The highest BCUT2D eigenvalue weighted by Gasteiger charge is 2.05. The van der Waals surface area contributed by atoms with Crippen LogP contribution in [0.25, 0.3) is 4.91 Å². The third kappa shape index (κ3) is 3.95. The van der Waals surface area contributed by atoms with Gasteiger partial charge in [0.05, 0.1) is 5.69 Å². The molecule has 1 heterocycles. The first-order valence-corrected chi connectivity index (χ1v) is 7.73. The molecule has 22 heavy (non-hydrogen) atoms. The zero-order valence-electron chi connectivity index (χ0n) is 12.1. The van der Waals surface area contributed by atoms with Gasteiger partial charge in [-0.05, 0) is 42.7 Å². The summed E-state index contributed by atoms with van der Waals surface area (Å²) in [6.45, 7) is 3.70. The van der Waals surface area contributed by atoms with Crippen LogP contribution in [0.4, 0.5) is 11.6 Å². The van der Waals surface area contributed by atoms with E-state index in [1.54, 1.807) is 48.3 Å². The fourth-order valence-electron chi connectivity index (χ4n) is 1.77. The van der Waals surface area contributed by atoms with Gasteiger partial charge in [-0.2, -0.15) is 0 Å². The van der Waals surface area contributed by atoms with Crippen molar-refractivity contribution in [2.45, 2.75) is 0 Å². The second-order valence-corrected chi connectivity index (χ2v) is 5.15. The van der Waals surface area contributed by atoms with Gasteiger partial charge in [0, 0.05) is 22.4 Å². The molecule has 0 saturated carbocycles. The van der Waals surface area contributed by atoms with Crippen molar-refractivity contribution in [2.75, 3.05) is 11.6 Å². The van der Waals surface area contributed by atoms with E-state index in [-0.39, 0.29) is 0 Å². The number of hydrogen-bond acceptors (Lipinski definition) is 5. The van der Waals surface area contributed by atoms with Gasteiger partial charge in [0.1, 0.15) is 0 Å². The van der Waals surface area contributed by atoms with E-state index in [0.717, 1.165) is 16.3 Å². The van der Waals surface area contributed by atoms with Gasteiger partial charge in [-0.15, -0.1) is 11.8 Å². The molecular formula is C16H16N4OS. The van der Waals surface area contributed by atoms with Crippen molar-refractivity contribution < 1.29 is 4.79 Å². The third-order valence-electron chi connectivity index (χ3n) is 2.82. The molecule has 0 unspecified atom stereocenters. The van der Waals surface area contributed by atoms with Crippen molar-refractivity contribution in [1.29, 1.82) is 0 Å². The zero-order chi connectivity index (χ0) is 15.9. The highest BCUT2D eigenvalue weighted by atomic mass is 32.2. The Morgan fingerprint density at radius 3 is 2.64 bits per heavy atom. The second-order valence-electron chi connectivity index (χ2n) is 4.30. The van der Waals surface area contributed by atoms with Crippen molar-refractivity contribution in [3.8, 4) is 0 Å². The number of carbonyl (C=O) groups excluding carboxylic acids is 1. The predicted octanol–water partition coefficient (Wildman–Crippen LogP) is 3.21. The lowest BCUT2D eigenvalue weighted by Crippen LogP contribution is -2.10. The first-order chi connectivity index (χ1) is 10.6. The molecule has 1 amide bonds. The van der Waals surface area contributed by atoms with Crippen LogP contribution >= 0.6 is 11.8 Å². The van der Waals surface area contributed by atoms with Crippen molar-refractivity contribution in [3.63, 3.8) is 0 Å². The molecule has 5 nitrogen and oxygen atoms in total. The number of benzene rings is 1. The summed E-state index contributed by atoms with van der Waals surface area (Å²) in [7, 11) is 0. The Bertz CT molecular complexity index is 710. The van der Waals surface area contributed by atoms with Gasteiger partial charge >= 0.3 is 0 Å². The van der Waals surface area contributed by atoms with Crippen LogP contribution < -0.4 is 11.1 Å². The standard InChI is InChI=1S/C16H16N4OS/c1-3-4-14(22-2)13-9-10-18-16(20-13)19-12-7-5-11(6-8-12)15(17)21/h3-10H,1H2,2H3,(H2,17,21)(H,18,19,20)/b14-4-. The lowest BCUT2D eigenvalue weighted by molar-refractivity contribution is 0.100. The summed E-state index contributed by atoms with van der Waals surface area (Å²) in [5, 5.41) is 3.09. The summed E-state index contributed by atoms with van der Waals surface area (Å²) >= 11 is 1.59. The smallest absolute Gasteiger partial charge is 0.248 e. The minimum Gasteiger partial charge on any atom is -0.366 e. The van der Waals surface area contributed by atoms with Crippen molar-refractivity contribution in [2.24, 2.45) is 5.73 Å². The van der Waals surface area contributed by atoms with E-state index in [4.69, 9.17) is 5.73 Å². The van der Waals surface area contributed by atoms with E-state index in [1.165, 1.54) is 0 Å². The number of nitrogens with two attached hydrogens (primary N) is 1. The maximum absolute atomic E-state index is 11.0. The average molecular weight is 312 g/mol. The van der Waals surface area contributed by atoms with Crippen LogP contribution in [-0.2, 0) is 0 Å². The molecule has 0 saturated heterocycles. The van der Waals surface area contributed by atoms with Gasteiger partial charge in [0.25, 0.3) is 0 Å². The van der Waals surface area contributed by atoms with E-state index < -0.39 is 5.91 Å². The molecule has 3 N–H and O–H groups in total. The zero-order valence-corrected chi connectivity index (χ0v) is 12.9. The highest BCUT2D eigenvalue weighted by Crippen LogP contribution is 2.24. The van der Waals surface area contributed by atoms with Crippen LogP contribution in [0.2, 0.25) is 0 Å². The molecule has 0 aliphatic heterocycles. The molecule has 2 rings (SSSR count). The number of allylic oxidation sites excluding steroid dienone is 2. The fraction of sp³-hybridized carbons (Fsp3) is 0.0625. The van der Waals surface area contributed by atoms with E-state index in [2.05, 4.69) is 21.9 Å². The van der Waals surface area contributed by atoms with Gasteiger partial charge in [-0.1, -0.05) is 12.7 Å². The molecule has 0 spiro atoms. The molecule has 0 atom stereocenters. The van der Waals surface area contributed by atoms with E-state index in [9.17, 15) is 4.79 Å². The molecule has 1 aromatic heterocycles. The number of nitrogens with one attached hydrogen (secondary N) is 1. The van der Waals surface area contributed by atoms with Crippen LogP contribution in [-0.4, -0.2) is 22.1 Å². The van der Waals surface area contributed by atoms with Gasteiger partial charge < -0.3 is 11.1 Å². The number of amides is 1. The number of hydrogen-bond donors (Lipinski definition) is 2. The second kappa shape index (κ2) is 7.42. The SMILES string of the molecule is C=C/C=C(\SC)c1ccnc(Nc2ccc(C(N)=O)cc2)n1. The lowest BCUT2D eigenvalue weighted by Gasteiger charge is -2.08. The number of anilines is 2. The summed E-state index contributed by atoms with van der Waals surface area (Å²) in [5.41, 5.74) is 7.27. The molecule has 0 bridgehead atoms. The first-order valence-electron chi connectivity index (χ1n) is 6.51. The molecule has 0 aliphatic rings. The van der Waals surface area contributed by atoms with Crippen molar-refractivity contribution in [1.82, 2.24) is 9.97 Å². The molecule has 0 aliphatic carbocycles. The van der Waals surface area contributed by atoms with Crippen molar-refractivity contribution in [3.05, 3.63) is 66.5 Å². The number of rotatable bonds is 6. The molecule has 6 heteroatoms. The quantitative estimate of drug-likeness (QED) is 0.801. The first kappa shape index (κ1) is 15.8. The Morgan fingerprint density at radius 2 is 2.05 bits per heavy atom. The van der Waals surface area contributed by atoms with Gasteiger partial charge in [-0.25, -0.2) is 9.97 Å². The Kier molecular flexibility index (Phi) is 5.32. The number of carbonyl (C=O) groups is 1. The lowest BCUT2D eigenvalue weighted by atomic mass is 10.2. The van der Waals surface area contributed by atoms with E-state index in [0.29, 0.717) is 11.5 Å². The topological polar surface area (TPSA) is 80.9 Å². The van der Waals surface area contributed by atoms with Crippen LogP contribution in [0, 0.1) is 0 Å². The van der Waals surface area contributed by atoms with Crippen LogP contribution in [0.5, 0.6) is 0 Å². The molecule has 0 fully saturated rings. The summed E-state index contributed by atoms with van der Waals surface area (Å²) in [6, 6.07) is 8.66. The number of nitrogens with zero attached hydrogens (tertiary/aromatic N) is 2. The summed E-state index contributed by atoms with van der Waals surface area (Å²) in [5.74, 6) is 0.0253. The van der Waals surface area contributed by atoms with Crippen LogP contribution in [0.1, 0.15) is 16.1 Å². The maximum Gasteiger partial charge on any atom is 0.248 e. The van der Waals surface area contributed by atoms with Crippen LogP contribution in [0.15, 0.2) is 55.3 Å². The Labute approximate surface area is 133 Å². The molecular weight excluding hydrogens is 296 g/mol. The van der Waals surface area contributed by atoms with E-state index in [1.807, 2.05) is 18.4 Å². The molecule has 1 aromatic carbocycles. The van der Waals surface area contributed by atoms with Crippen molar-refractivity contribution >= 4 is 34.2 Å². The number of thioether (sulfide) groups is 1. The number of aromatic nitrogens is 2. The number of primary amides is 1. The van der Waals surface area contributed by atoms with E-state index >= 15 is 0 Å². The fourth-order valence-corrected chi connectivity index (χ4v) is 2.32. The monoisotopic (exact) mass is 312 g/mol. The van der Waals surface area contributed by atoms with Gasteiger partial charge in [0.2, 0.25) is 11.9 Å². The summed E-state index contributed by atoms with van der Waals surface area (Å²) in [6.07, 6.45) is 7.30. The normalized spacial score (nSPS) is 11.0. The Balaban J connectivity index is 2.21. The minimum absolute atomic E-state index is 0.455. The minimum atomic E-state index is -0.455. The Morgan fingerprint density at radius 1 is 1.32 bits per heavy atom.